The van der Waals surface area contributed by atoms with Gasteiger partial charge in [0.15, 0.2) is 0 Å². The summed E-state index contributed by atoms with van der Waals surface area (Å²) in [7, 11) is 0. The van der Waals surface area contributed by atoms with Crippen LogP contribution in [0.1, 0.15) is 25.5 Å². The Morgan fingerprint density at radius 1 is 1.22 bits per heavy atom. The molecule has 1 unspecified atom stereocenters. The quantitative estimate of drug-likeness (QED) is 0.580. The minimum atomic E-state index is -0.838. The van der Waals surface area contributed by atoms with E-state index in [-0.39, 0.29) is 37.3 Å². The second kappa shape index (κ2) is 10.4. The van der Waals surface area contributed by atoms with Gasteiger partial charge in [-0.05, 0) is 23.6 Å². The van der Waals surface area contributed by atoms with E-state index in [4.69, 9.17) is 17.3 Å². The Morgan fingerprint density at radius 3 is 2.30 bits per heavy atom. The second-order valence-corrected chi connectivity index (χ2v) is 5.80. The maximum atomic E-state index is 11.6. The third kappa shape index (κ3) is 7.65. The Balaban J connectivity index is 0.00000484. The Bertz CT molecular complexity index is 509. The Kier molecular flexibility index (Phi) is 9.83. The van der Waals surface area contributed by atoms with Crippen LogP contribution in [0.3, 0.4) is 0 Å². The van der Waals surface area contributed by atoms with E-state index in [1.807, 2.05) is 13.8 Å². The van der Waals surface area contributed by atoms with Gasteiger partial charge < -0.3 is 21.5 Å². The Morgan fingerprint density at radius 2 is 1.78 bits per heavy atom. The van der Waals surface area contributed by atoms with Crippen LogP contribution >= 0.6 is 24.0 Å². The molecule has 0 aromatic heterocycles. The van der Waals surface area contributed by atoms with E-state index in [0.717, 1.165) is 0 Å². The standard InChI is InChI=1S/C15H22ClN3O3.ClH/c1-9(2)14(17)15(22)19-8-13(21)18-7-12(20)10-3-5-11(16)6-4-10;/h3-6,9,12,14,20H,7-8,17H2,1-2H3,(H,18,21)(H,19,22);1H/t12?,14-;/m0./s1. The van der Waals surface area contributed by atoms with E-state index >= 15 is 0 Å². The molecule has 0 aliphatic rings. The summed E-state index contributed by atoms with van der Waals surface area (Å²) in [6.07, 6.45) is -0.838. The molecule has 0 saturated carbocycles. The van der Waals surface area contributed by atoms with Gasteiger partial charge in [0.25, 0.3) is 0 Å². The molecule has 0 fully saturated rings. The molecule has 1 aromatic rings. The number of amides is 2. The maximum absolute atomic E-state index is 11.6. The zero-order valence-electron chi connectivity index (χ0n) is 13.1. The SMILES string of the molecule is CC(C)[C@H](N)C(=O)NCC(=O)NCC(O)c1ccc(Cl)cc1.Cl. The zero-order chi connectivity index (χ0) is 16.7. The minimum Gasteiger partial charge on any atom is -0.387 e. The highest BCUT2D eigenvalue weighted by Crippen LogP contribution is 2.15. The minimum absolute atomic E-state index is 0. The number of benzene rings is 1. The van der Waals surface area contributed by atoms with Crippen molar-refractivity contribution in [1.82, 2.24) is 10.6 Å². The lowest BCUT2D eigenvalue weighted by molar-refractivity contribution is -0.127. The molecule has 0 saturated heterocycles. The van der Waals surface area contributed by atoms with Crippen molar-refractivity contribution in [2.75, 3.05) is 13.1 Å². The molecule has 8 heteroatoms. The zero-order valence-corrected chi connectivity index (χ0v) is 14.7. The lowest BCUT2D eigenvalue weighted by atomic mass is 10.1. The van der Waals surface area contributed by atoms with Crippen molar-refractivity contribution >= 4 is 35.8 Å². The summed E-state index contributed by atoms with van der Waals surface area (Å²) in [6.45, 7) is 3.53. The predicted molar refractivity (Wildman–Crippen MR) is 92.5 cm³/mol. The Labute approximate surface area is 147 Å². The molecule has 2 amide bonds. The van der Waals surface area contributed by atoms with Gasteiger partial charge in [-0.2, -0.15) is 0 Å². The number of carbonyl (C=O) groups is 2. The molecule has 1 aromatic carbocycles. The fourth-order valence-corrected chi connectivity index (χ4v) is 1.79. The van der Waals surface area contributed by atoms with Crippen LogP contribution < -0.4 is 16.4 Å². The summed E-state index contributed by atoms with van der Waals surface area (Å²) in [4.78, 5) is 23.2. The van der Waals surface area contributed by atoms with E-state index in [1.165, 1.54) is 0 Å². The molecule has 2 atom stereocenters. The van der Waals surface area contributed by atoms with E-state index < -0.39 is 18.1 Å². The summed E-state index contributed by atoms with van der Waals surface area (Å²) in [5.74, 6) is -0.768. The number of halogens is 2. The van der Waals surface area contributed by atoms with Crippen molar-refractivity contribution < 1.29 is 14.7 Å². The van der Waals surface area contributed by atoms with Crippen LogP contribution in [-0.4, -0.2) is 36.1 Å². The fraction of sp³-hybridized carbons (Fsp3) is 0.467. The largest absolute Gasteiger partial charge is 0.387 e. The molecule has 130 valence electrons. The molecule has 0 aliphatic carbocycles. The first-order valence-corrected chi connectivity index (χ1v) is 7.42. The van der Waals surface area contributed by atoms with Crippen LogP contribution in [0.15, 0.2) is 24.3 Å². The molecule has 1 rings (SSSR count). The van der Waals surface area contributed by atoms with E-state index in [0.29, 0.717) is 10.6 Å². The highest BCUT2D eigenvalue weighted by atomic mass is 35.5. The molecule has 6 nitrogen and oxygen atoms in total. The van der Waals surface area contributed by atoms with Crippen LogP contribution in [0.25, 0.3) is 0 Å². The normalized spacial score (nSPS) is 13.0. The van der Waals surface area contributed by atoms with Gasteiger partial charge in [0.2, 0.25) is 11.8 Å². The van der Waals surface area contributed by atoms with Gasteiger partial charge >= 0.3 is 0 Å². The third-order valence-corrected chi connectivity index (χ3v) is 3.44. The molecular weight excluding hydrogens is 341 g/mol. The smallest absolute Gasteiger partial charge is 0.239 e. The Hall–Kier alpha value is -1.34. The predicted octanol–water partition coefficient (Wildman–Crippen LogP) is 1.01. The van der Waals surface area contributed by atoms with E-state index in [2.05, 4.69) is 10.6 Å². The van der Waals surface area contributed by atoms with Gasteiger partial charge in [-0.15, -0.1) is 12.4 Å². The van der Waals surface area contributed by atoms with Gasteiger partial charge in [0, 0.05) is 11.6 Å². The van der Waals surface area contributed by atoms with Crippen LogP contribution in [0, 0.1) is 5.92 Å². The first-order chi connectivity index (χ1) is 10.3. The lowest BCUT2D eigenvalue weighted by Crippen LogP contribution is -2.47. The van der Waals surface area contributed by atoms with E-state index in [9.17, 15) is 14.7 Å². The molecule has 0 aliphatic heterocycles. The van der Waals surface area contributed by atoms with Crippen molar-refractivity contribution in [3.05, 3.63) is 34.9 Å². The topological polar surface area (TPSA) is 104 Å². The van der Waals surface area contributed by atoms with Crippen molar-refractivity contribution in [2.24, 2.45) is 11.7 Å². The highest BCUT2D eigenvalue weighted by molar-refractivity contribution is 6.30. The summed E-state index contributed by atoms with van der Waals surface area (Å²) in [5.41, 5.74) is 6.31. The molecule has 0 bridgehead atoms. The lowest BCUT2D eigenvalue weighted by Gasteiger charge is -2.16. The molecule has 23 heavy (non-hydrogen) atoms. The van der Waals surface area contributed by atoms with Gasteiger partial charge in [-0.1, -0.05) is 37.6 Å². The van der Waals surface area contributed by atoms with E-state index in [1.54, 1.807) is 24.3 Å². The first-order valence-electron chi connectivity index (χ1n) is 7.04. The van der Waals surface area contributed by atoms with Crippen LogP contribution in [0.2, 0.25) is 5.02 Å². The summed E-state index contributed by atoms with van der Waals surface area (Å²) >= 11 is 5.76. The molecular formula is C15H23Cl2N3O3. The number of nitrogens with one attached hydrogen (secondary N) is 2. The van der Waals surface area contributed by atoms with Gasteiger partial charge in [0.05, 0.1) is 18.7 Å². The van der Waals surface area contributed by atoms with Gasteiger partial charge in [-0.25, -0.2) is 0 Å². The van der Waals surface area contributed by atoms with Crippen molar-refractivity contribution in [3.8, 4) is 0 Å². The van der Waals surface area contributed by atoms with Crippen LogP contribution in [0.5, 0.6) is 0 Å². The number of nitrogens with two attached hydrogens (primary N) is 1. The van der Waals surface area contributed by atoms with Gasteiger partial charge in [0.1, 0.15) is 0 Å². The van der Waals surface area contributed by atoms with Crippen molar-refractivity contribution in [2.45, 2.75) is 26.0 Å². The van der Waals surface area contributed by atoms with Gasteiger partial charge in [-0.3, -0.25) is 9.59 Å². The maximum Gasteiger partial charge on any atom is 0.239 e. The monoisotopic (exact) mass is 363 g/mol. The molecule has 5 N–H and O–H groups in total. The van der Waals surface area contributed by atoms with Crippen LogP contribution in [-0.2, 0) is 9.59 Å². The number of carbonyl (C=O) groups excluding carboxylic acids is 2. The summed E-state index contributed by atoms with van der Waals surface area (Å²) < 4.78 is 0. The summed E-state index contributed by atoms with van der Waals surface area (Å²) in [5, 5.41) is 15.5. The number of aliphatic hydroxyl groups is 1. The second-order valence-electron chi connectivity index (χ2n) is 5.36. The average Bonchev–Trinajstić information content (AvgIpc) is 2.49. The average molecular weight is 364 g/mol. The molecule has 0 heterocycles. The fourth-order valence-electron chi connectivity index (χ4n) is 1.66. The number of aliphatic hydroxyl groups excluding tert-OH is 1. The third-order valence-electron chi connectivity index (χ3n) is 3.19. The molecule has 0 radical (unpaired) electrons. The van der Waals surface area contributed by atoms with Crippen molar-refractivity contribution in [1.29, 1.82) is 0 Å². The number of hydrogen-bond donors (Lipinski definition) is 4. The number of hydrogen-bond acceptors (Lipinski definition) is 4. The molecule has 0 spiro atoms. The van der Waals surface area contributed by atoms with Crippen molar-refractivity contribution in [3.63, 3.8) is 0 Å². The number of rotatable bonds is 7. The van der Waals surface area contributed by atoms with Crippen LogP contribution in [0.4, 0.5) is 0 Å². The first kappa shape index (κ1) is 21.7. The highest BCUT2D eigenvalue weighted by Gasteiger charge is 2.17. The summed E-state index contributed by atoms with van der Waals surface area (Å²) in [6, 6.07) is 6.04.